The fourth-order valence-electron chi connectivity index (χ4n) is 1.26. The molecule has 0 spiro atoms. The minimum absolute atomic E-state index is 0.141. The van der Waals surface area contributed by atoms with E-state index in [4.69, 9.17) is 10.8 Å². The van der Waals surface area contributed by atoms with Gasteiger partial charge in [-0.05, 0) is 36.2 Å². The quantitative estimate of drug-likeness (QED) is 0.785. The van der Waals surface area contributed by atoms with Crippen LogP contribution in [0.2, 0.25) is 0 Å². The summed E-state index contributed by atoms with van der Waals surface area (Å²) < 4.78 is 0.827. The lowest BCUT2D eigenvalue weighted by atomic mass is 10.0. The third-order valence-electron chi connectivity index (χ3n) is 2.13. The number of aliphatic hydroxyl groups excluding tert-OH is 1. The number of nitrogens with zero attached hydrogens (tertiary/aromatic N) is 1. The first-order valence-electron chi connectivity index (χ1n) is 4.74. The first-order valence-corrected chi connectivity index (χ1v) is 5.53. The summed E-state index contributed by atoms with van der Waals surface area (Å²) >= 11 is 3.38. The van der Waals surface area contributed by atoms with Crippen LogP contribution in [0.5, 0.6) is 0 Å². The van der Waals surface area contributed by atoms with Gasteiger partial charge >= 0.3 is 0 Å². The number of aliphatic hydroxyl groups is 1. The molecule has 0 saturated carbocycles. The van der Waals surface area contributed by atoms with E-state index in [0.29, 0.717) is 12.1 Å². The fraction of sp³-hybridized carbons (Fsp3) is 0.500. The maximum Gasteiger partial charge on any atom is 0.0754 e. The largest absolute Gasteiger partial charge is 0.396 e. The lowest BCUT2D eigenvalue weighted by molar-refractivity contribution is 0.261. The van der Waals surface area contributed by atoms with Gasteiger partial charge in [0.15, 0.2) is 0 Å². The summed E-state index contributed by atoms with van der Waals surface area (Å²) in [5.41, 5.74) is 7.02. The predicted octanol–water partition coefficient (Wildman–Crippen LogP) is 2.00. The Bertz CT molecular complexity index is 321. The molecule has 0 atom stereocenters. The van der Waals surface area contributed by atoms with Crippen LogP contribution in [-0.2, 0) is 0 Å². The van der Waals surface area contributed by atoms with E-state index >= 15 is 0 Å². The van der Waals surface area contributed by atoms with E-state index in [9.17, 15) is 0 Å². The molecule has 84 valence electrons. The van der Waals surface area contributed by atoms with E-state index in [2.05, 4.69) is 26.2 Å². The number of rotatable bonds is 4. The molecule has 0 saturated heterocycles. The van der Waals surface area contributed by atoms with Gasteiger partial charge in [-0.15, -0.1) is 0 Å². The highest BCUT2D eigenvalue weighted by molar-refractivity contribution is 9.10. The molecule has 0 aliphatic carbocycles. The molecule has 0 unspecified atom stereocenters. The molecule has 1 heterocycles. The van der Waals surface area contributed by atoms with E-state index in [1.165, 1.54) is 0 Å². The molecule has 0 aromatic carbocycles. The molecular weight excluding hydrogens is 258 g/mol. The number of nitrogens with two attached hydrogens (primary N) is 1. The third kappa shape index (κ3) is 3.35. The van der Waals surface area contributed by atoms with Crippen LogP contribution in [0.4, 0.5) is 11.4 Å². The second-order valence-electron chi connectivity index (χ2n) is 4.07. The number of hydrogen-bond donors (Lipinski definition) is 3. The Morgan fingerprint density at radius 3 is 2.73 bits per heavy atom. The molecule has 0 bridgehead atoms. The zero-order valence-electron chi connectivity index (χ0n) is 8.92. The topological polar surface area (TPSA) is 71.2 Å². The number of pyridine rings is 1. The molecule has 0 radical (unpaired) electrons. The van der Waals surface area contributed by atoms with Crippen LogP contribution in [0.3, 0.4) is 0 Å². The number of nitrogen functional groups attached to an aromatic ring is 1. The van der Waals surface area contributed by atoms with Gasteiger partial charge in [0.25, 0.3) is 0 Å². The summed E-state index contributed by atoms with van der Waals surface area (Å²) in [5, 5.41) is 12.2. The molecule has 1 rings (SSSR count). The van der Waals surface area contributed by atoms with Gasteiger partial charge in [-0.25, -0.2) is 0 Å². The van der Waals surface area contributed by atoms with Crippen LogP contribution in [0, 0.1) is 0 Å². The molecule has 1 aromatic heterocycles. The Morgan fingerprint density at radius 2 is 2.20 bits per heavy atom. The maximum absolute atomic E-state index is 8.92. The van der Waals surface area contributed by atoms with Crippen molar-refractivity contribution >= 4 is 27.3 Å². The number of aromatic nitrogens is 1. The van der Waals surface area contributed by atoms with E-state index in [1.807, 2.05) is 13.8 Å². The van der Waals surface area contributed by atoms with Crippen LogP contribution in [0.15, 0.2) is 16.9 Å². The van der Waals surface area contributed by atoms with Crippen molar-refractivity contribution in [3.05, 3.63) is 16.9 Å². The lowest BCUT2D eigenvalue weighted by Gasteiger charge is -2.28. The Balaban J connectivity index is 2.89. The summed E-state index contributed by atoms with van der Waals surface area (Å²) in [7, 11) is 0. The van der Waals surface area contributed by atoms with Gasteiger partial charge in [-0.1, -0.05) is 0 Å². The second-order valence-corrected chi connectivity index (χ2v) is 4.92. The van der Waals surface area contributed by atoms with Crippen molar-refractivity contribution < 1.29 is 5.11 Å². The average molecular weight is 274 g/mol. The summed E-state index contributed by atoms with van der Waals surface area (Å²) in [6, 6.07) is 0. The Morgan fingerprint density at radius 1 is 1.53 bits per heavy atom. The summed E-state index contributed by atoms with van der Waals surface area (Å²) in [6.07, 6.45) is 3.94. The molecule has 4 N–H and O–H groups in total. The van der Waals surface area contributed by atoms with E-state index in [0.717, 1.165) is 10.2 Å². The Kier molecular flexibility index (Phi) is 3.93. The van der Waals surface area contributed by atoms with Gasteiger partial charge in [0.2, 0.25) is 0 Å². The number of hydrogen-bond acceptors (Lipinski definition) is 4. The highest BCUT2D eigenvalue weighted by Gasteiger charge is 2.19. The summed E-state index contributed by atoms with van der Waals surface area (Å²) in [6.45, 7) is 4.16. The van der Waals surface area contributed by atoms with Crippen molar-refractivity contribution in [1.82, 2.24) is 4.98 Å². The smallest absolute Gasteiger partial charge is 0.0754 e. The molecule has 0 amide bonds. The number of halogens is 1. The standard InChI is InChI=1S/C10H16BrN3O/c1-10(2,3-4-15)14-9-7(11)5-13-6-8(9)12/h5-6,15H,3-4,12H2,1-2H3,(H,13,14). The van der Waals surface area contributed by atoms with Crippen LogP contribution in [-0.4, -0.2) is 22.2 Å². The third-order valence-corrected chi connectivity index (χ3v) is 2.73. The molecule has 1 aromatic rings. The van der Waals surface area contributed by atoms with Gasteiger partial charge in [0.05, 0.1) is 22.0 Å². The van der Waals surface area contributed by atoms with Gasteiger partial charge in [-0.3, -0.25) is 4.98 Å². The Hall–Kier alpha value is -0.810. The minimum atomic E-state index is -0.202. The molecule has 4 nitrogen and oxygen atoms in total. The van der Waals surface area contributed by atoms with E-state index < -0.39 is 0 Å². The van der Waals surface area contributed by atoms with Gasteiger partial charge in [0.1, 0.15) is 0 Å². The zero-order chi connectivity index (χ0) is 11.5. The number of nitrogens with one attached hydrogen (secondary N) is 1. The lowest BCUT2D eigenvalue weighted by Crippen LogP contribution is -2.32. The van der Waals surface area contributed by atoms with Crippen molar-refractivity contribution in [3.63, 3.8) is 0 Å². The van der Waals surface area contributed by atoms with Crippen LogP contribution in [0.1, 0.15) is 20.3 Å². The van der Waals surface area contributed by atoms with Crippen molar-refractivity contribution in [2.24, 2.45) is 0 Å². The van der Waals surface area contributed by atoms with E-state index in [1.54, 1.807) is 12.4 Å². The zero-order valence-corrected chi connectivity index (χ0v) is 10.5. The van der Waals surface area contributed by atoms with Crippen molar-refractivity contribution in [1.29, 1.82) is 0 Å². The first kappa shape index (κ1) is 12.3. The highest BCUT2D eigenvalue weighted by Crippen LogP contribution is 2.30. The highest BCUT2D eigenvalue weighted by atomic mass is 79.9. The van der Waals surface area contributed by atoms with Crippen LogP contribution < -0.4 is 11.1 Å². The molecule has 0 aliphatic heterocycles. The van der Waals surface area contributed by atoms with Crippen molar-refractivity contribution in [2.75, 3.05) is 17.7 Å². The first-order chi connectivity index (χ1) is 6.96. The minimum Gasteiger partial charge on any atom is -0.396 e. The number of anilines is 2. The molecule has 15 heavy (non-hydrogen) atoms. The van der Waals surface area contributed by atoms with Gasteiger partial charge in [-0.2, -0.15) is 0 Å². The second kappa shape index (κ2) is 4.81. The molecular formula is C10H16BrN3O. The van der Waals surface area contributed by atoms with Crippen molar-refractivity contribution in [2.45, 2.75) is 25.8 Å². The summed E-state index contributed by atoms with van der Waals surface area (Å²) in [4.78, 5) is 3.96. The van der Waals surface area contributed by atoms with Gasteiger partial charge < -0.3 is 16.2 Å². The SMILES string of the molecule is CC(C)(CCO)Nc1c(N)cncc1Br. The van der Waals surface area contributed by atoms with E-state index in [-0.39, 0.29) is 12.1 Å². The average Bonchev–Trinajstić information content (AvgIpc) is 2.11. The Labute approximate surface area is 98.0 Å². The van der Waals surface area contributed by atoms with Gasteiger partial charge in [0, 0.05) is 18.3 Å². The molecule has 5 heteroatoms. The molecule has 0 fully saturated rings. The molecule has 0 aliphatic rings. The maximum atomic E-state index is 8.92. The predicted molar refractivity (Wildman–Crippen MR) is 65.8 cm³/mol. The normalized spacial score (nSPS) is 11.5. The van der Waals surface area contributed by atoms with Crippen molar-refractivity contribution in [3.8, 4) is 0 Å². The van der Waals surface area contributed by atoms with Crippen LogP contribution in [0.25, 0.3) is 0 Å². The monoisotopic (exact) mass is 273 g/mol. The fourth-order valence-corrected chi connectivity index (χ4v) is 1.71. The summed E-state index contributed by atoms with van der Waals surface area (Å²) in [5.74, 6) is 0. The van der Waals surface area contributed by atoms with Crippen LogP contribution >= 0.6 is 15.9 Å².